The Labute approximate surface area is 67.5 Å². The molecule has 1 heterocycles. The Morgan fingerprint density at radius 3 is 2.82 bits per heavy atom. The summed E-state index contributed by atoms with van der Waals surface area (Å²) in [5.74, 6) is 0. The standard InChI is InChI=1S/C8H16N2O/c1-8(2)4-3-5-9-7(11)10-6-8/h3-6H2,1-2H3,(H2,9,10,11). The van der Waals surface area contributed by atoms with Gasteiger partial charge < -0.3 is 10.6 Å². The molecular formula is C8H16N2O. The van der Waals surface area contributed by atoms with Crippen molar-refractivity contribution in [2.45, 2.75) is 26.7 Å². The van der Waals surface area contributed by atoms with Crippen LogP contribution in [0.2, 0.25) is 0 Å². The molecule has 2 amide bonds. The number of rotatable bonds is 0. The average Bonchev–Trinajstić information content (AvgIpc) is 1.92. The largest absolute Gasteiger partial charge is 0.338 e. The van der Waals surface area contributed by atoms with Crippen molar-refractivity contribution >= 4 is 6.03 Å². The Morgan fingerprint density at radius 1 is 1.36 bits per heavy atom. The molecule has 0 aromatic carbocycles. The van der Waals surface area contributed by atoms with E-state index in [-0.39, 0.29) is 11.4 Å². The van der Waals surface area contributed by atoms with Crippen LogP contribution in [-0.2, 0) is 0 Å². The van der Waals surface area contributed by atoms with Crippen LogP contribution in [0, 0.1) is 5.41 Å². The second-order valence-electron chi connectivity index (χ2n) is 3.88. The Bertz CT molecular complexity index is 154. The van der Waals surface area contributed by atoms with Gasteiger partial charge >= 0.3 is 6.03 Å². The van der Waals surface area contributed by atoms with E-state index < -0.39 is 0 Å². The predicted octanol–water partition coefficient (Wildman–Crippen LogP) is 1.11. The van der Waals surface area contributed by atoms with E-state index in [9.17, 15) is 4.79 Å². The topological polar surface area (TPSA) is 41.1 Å². The van der Waals surface area contributed by atoms with Gasteiger partial charge in [0.15, 0.2) is 0 Å². The molecule has 0 bridgehead atoms. The van der Waals surface area contributed by atoms with Crippen LogP contribution in [0.4, 0.5) is 4.79 Å². The third kappa shape index (κ3) is 2.78. The van der Waals surface area contributed by atoms with Crippen LogP contribution in [0.15, 0.2) is 0 Å². The second kappa shape index (κ2) is 3.11. The van der Waals surface area contributed by atoms with Gasteiger partial charge in [0, 0.05) is 13.1 Å². The zero-order valence-corrected chi connectivity index (χ0v) is 7.24. The van der Waals surface area contributed by atoms with Crippen LogP contribution < -0.4 is 10.6 Å². The second-order valence-corrected chi connectivity index (χ2v) is 3.88. The van der Waals surface area contributed by atoms with Gasteiger partial charge in [-0.05, 0) is 18.3 Å². The molecule has 1 aliphatic heterocycles. The van der Waals surface area contributed by atoms with Crippen molar-refractivity contribution in [2.24, 2.45) is 5.41 Å². The molecule has 0 radical (unpaired) electrons. The quantitative estimate of drug-likeness (QED) is 0.542. The smallest absolute Gasteiger partial charge is 0.314 e. The van der Waals surface area contributed by atoms with Gasteiger partial charge in [0.2, 0.25) is 0 Å². The fourth-order valence-electron chi connectivity index (χ4n) is 1.24. The molecule has 0 aromatic heterocycles. The number of hydrogen-bond donors (Lipinski definition) is 2. The molecule has 0 unspecified atom stereocenters. The zero-order valence-electron chi connectivity index (χ0n) is 7.24. The maximum Gasteiger partial charge on any atom is 0.314 e. The van der Waals surface area contributed by atoms with Gasteiger partial charge in [-0.3, -0.25) is 0 Å². The van der Waals surface area contributed by atoms with Crippen molar-refractivity contribution in [3.63, 3.8) is 0 Å². The third-order valence-electron chi connectivity index (χ3n) is 2.04. The van der Waals surface area contributed by atoms with Crippen molar-refractivity contribution in [3.8, 4) is 0 Å². The molecule has 0 atom stereocenters. The first-order chi connectivity index (χ1) is 5.10. The van der Waals surface area contributed by atoms with Crippen molar-refractivity contribution in [1.29, 1.82) is 0 Å². The van der Waals surface area contributed by atoms with E-state index in [0.29, 0.717) is 0 Å². The van der Waals surface area contributed by atoms with Gasteiger partial charge in [-0.25, -0.2) is 4.79 Å². The van der Waals surface area contributed by atoms with Gasteiger partial charge in [0.1, 0.15) is 0 Å². The number of carbonyl (C=O) groups excluding carboxylic acids is 1. The molecule has 3 nitrogen and oxygen atoms in total. The minimum Gasteiger partial charge on any atom is -0.338 e. The van der Waals surface area contributed by atoms with Gasteiger partial charge in [-0.15, -0.1) is 0 Å². The molecular weight excluding hydrogens is 140 g/mol. The minimum atomic E-state index is -0.0298. The molecule has 2 N–H and O–H groups in total. The molecule has 1 saturated heterocycles. The summed E-state index contributed by atoms with van der Waals surface area (Å²) in [7, 11) is 0. The van der Waals surface area contributed by atoms with Crippen LogP contribution in [0.25, 0.3) is 0 Å². The van der Waals surface area contributed by atoms with Crippen LogP contribution >= 0.6 is 0 Å². The minimum absolute atomic E-state index is 0.0298. The molecule has 1 rings (SSSR count). The lowest BCUT2D eigenvalue weighted by Gasteiger charge is -2.27. The van der Waals surface area contributed by atoms with E-state index in [4.69, 9.17) is 0 Å². The first-order valence-corrected chi connectivity index (χ1v) is 4.12. The summed E-state index contributed by atoms with van der Waals surface area (Å²) >= 11 is 0. The zero-order chi connectivity index (χ0) is 8.32. The number of urea groups is 1. The molecule has 0 aliphatic carbocycles. The lowest BCUT2D eigenvalue weighted by Crippen LogP contribution is -2.43. The van der Waals surface area contributed by atoms with E-state index in [1.807, 2.05) is 0 Å². The lowest BCUT2D eigenvalue weighted by molar-refractivity contribution is 0.223. The van der Waals surface area contributed by atoms with Crippen LogP contribution in [0.3, 0.4) is 0 Å². The summed E-state index contributed by atoms with van der Waals surface area (Å²) in [6.45, 7) is 5.94. The van der Waals surface area contributed by atoms with Crippen molar-refractivity contribution in [2.75, 3.05) is 13.1 Å². The molecule has 1 fully saturated rings. The van der Waals surface area contributed by atoms with Crippen LogP contribution in [0.1, 0.15) is 26.7 Å². The number of hydrogen-bond acceptors (Lipinski definition) is 1. The fourth-order valence-corrected chi connectivity index (χ4v) is 1.24. The van der Waals surface area contributed by atoms with Crippen molar-refractivity contribution < 1.29 is 4.79 Å². The molecule has 0 saturated carbocycles. The molecule has 64 valence electrons. The molecule has 0 spiro atoms. The summed E-state index contributed by atoms with van der Waals surface area (Å²) in [4.78, 5) is 10.9. The van der Waals surface area contributed by atoms with Gasteiger partial charge in [0.05, 0.1) is 0 Å². The van der Waals surface area contributed by atoms with Gasteiger partial charge in [-0.2, -0.15) is 0 Å². The van der Waals surface area contributed by atoms with Gasteiger partial charge in [0.25, 0.3) is 0 Å². The highest BCUT2D eigenvalue weighted by Crippen LogP contribution is 2.21. The normalized spacial score (nSPS) is 24.4. The van der Waals surface area contributed by atoms with Crippen LogP contribution in [-0.4, -0.2) is 19.1 Å². The average molecular weight is 156 g/mol. The maximum atomic E-state index is 10.9. The summed E-state index contributed by atoms with van der Waals surface area (Å²) in [6.07, 6.45) is 2.25. The monoisotopic (exact) mass is 156 g/mol. The van der Waals surface area contributed by atoms with E-state index >= 15 is 0 Å². The van der Waals surface area contributed by atoms with Crippen LogP contribution in [0.5, 0.6) is 0 Å². The molecule has 11 heavy (non-hydrogen) atoms. The van der Waals surface area contributed by atoms with Gasteiger partial charge in [-0.1, -0.05) is 13.8 Å². The third-order valence-corrected chi connectivity index (χ3v) is 2.04. The Balaban J connectivity index is 2.44. The highest BCUT2D eigenvalue weighted by molar-refractivity contribution is 5.73. The maximum absolute atomic E-state index is 10.9. The van der Waals surface area contributed by atoms with E-state index in [0.717, 1.165) is 19.5 Å². The number of amides is 2. The summed E-state index contributed by atoms with van der Waals surface area (Å²) in [5, 5.41) is 5.60. The molecule has 1 aliphatic rings. The van der Waals surface area contributed by atoms with Crippen molar-refractivity contribution in [3.05, 3.63) is 0 Å². The fraction of sp³-hybridized carbons (Fsp3) is 0.875. The van der Waals surface area contributed by atoms with Crippen molar-refractivity contribution in [1.82, 2.24) is 10.6 Å². The molecule has 0 aromatic rings. The Hall–Kier alpha value is -0.730. The van der Waals surface area contributed by atoms with E-state index in [1.165, 1.54) is 6.42 Å². The highest BCUT2D eigenvalue weighted by Gasteiger charge is 2.20. The first-order valence-electron chi connectivity index (χ1n) is 4.12. The SMILES string of the molecule is CC1(C)CCCNC(=O)NC1. The highest BCUT2D eigenvalue weighted by atomic mass is 16.2. The number of nitrogens with one attached hydrogen (secondary N) is 2. The van der Waals surface area contributed by atoms with E-state index in [1.54, 1.807) is 0 Å². The lowest BCUT2D eigenvalue weighted by atomic mass is 9.87. The Kier molecular flexibility index (Phi) is 2.37. The van der Waals surface area contributed by atoms with E-state index in [2.05, 4.69) is 24.5 Å². The summed E-state index contributed by atoms with van der Waals surface area (Å²) in [6, 6.07) is -0.0298. The molecule has 3 heteroatoms. The Morgan fingerprint density at radius 2 is 2.09 bits per heavy atom. The number of carbonyl (C=O) groups is 1. The summed E-state index contributed by atoms with van der Waals surface area (Å²) < 4.78 is 0. The predicted molar refractivity (Wildman–Crippen MR) is 44.4 cm³/mol. The first kappa shape index (κ1) is 8.37. The summed E-state index contributed by atoms with van der Waals surface area (Å²) in [5.41, 5.74) is 0.262.